The van der Waals surface area contributed by atoms with Gasteiger partial charge in [-0.3, -0.25) is 9.59 Å². The predicted octanol–water partition coefficient (Wildman–Crippen LogP) is 3.28. The second kappa shape index (κ2) is 6.37. The molecular formula is C21H17N3O2. The van der Waals surface area contributed by atoms with Gasteiger partial charge in [0.1, 0.15) is 6.04 Å². The van der Waals surface area contributed by atoms with Crippen LogP contribution in [-0.2, 0) is 4.79 Å². The summed E-state index contributed by atoms with van der Waals surface area (Å²) in [5.41, 5.74) is 8.50. The van der Waals surface area contributed by atoms with Gasteiger partial charge < -0.3 is 16.0 Å². The van der Waals surface area contributed by atoms with Crippen molar-refractivity contribution >= 4 is 33.6 Å². The Hall–Kier alpha value is -3.60. The molecule has 4 N–H and O–H groups in total. The van der Waals surface area contributed by atoms with Crippen LogP contribution in [0.4, 0.5) is 0 Å². The highest BCUT2D eigenvalue weighted by Gasteiger charge is 2.22. The van der Waals surface area contributed by atoms with Gasteiger partial charge in [-0.15, -0.1) is 0 Å². The summed E-state index contributed by atoms with van der Waals surface area (Å²) in [6.07, 6.45) is 0. The van der Waals surface area contributed by atoms with E-state index in [1.807, 2.05) is 42.5 Å². The summed E-state index contributed by atoms with van der Waals surface area (Å²) in [5, 5.41) is 4.56. The van der Waals surface area contributed by atoms with Gasteiger partial charge in [0, 0.05) is 27.4 Å². The van der Waals surface area contributed by atoms with E-state index in [-0.39, 0.29) is 5.91 Å². The lowest BCUT2D eigenvalue weighted by atomic mass is 10.0. The van der Waals surface area contributed by atoms with Crippen LogP contribution in [0.25, 0.3) is 21.8 Å². The average molecular weight is 343 g/mol. The number of benzene rings is 3. The number of aromatic amines is 1. The van der Waals surface area contributed by atoms with Gasteiger partial charge in [-0.2, -0.15) is 0 Å². The van der Waals surface area contributed by atoms with Gasteiger partial charge in [0.2, 0.25) is 5.91 Å². The second-order valence-electron chi connectivity index (χ2n) is 6.12. The van der Waals surface area contributed by atoms with Crippen molar-refractivity contribution in [3.05, 3.63) is 83.9 Å². The van der Waals surface area contributed by atoms with Crippen molar-refractivity contribution in [3.63, 3.8) is 0 Å². The van der Waals surface area contributed by atoms with Crippen LogP contribution >= 0.6 is 0 Å². The number of nitrogens with one attached hydrogen (secondary N) is 2. The van der Waals surface area contributed by atoms with E-state index in [1.165, 1.54) is 0 Å². The zero-order valence-electron chi connectivity index (χ0n) is 13.9. The van der Waals surface area contributed by atoms with Crippen LogP contribution in [-0.4, -0.2) is 16.8 Å². The standard InChI is InChI=1S/C21H17N3O2/c22-20(25)19(13-7-2-1-3-8-13)24-21(26)15-10-6-12-17-18(15)14-9-4-5-11-16(14)23-17/h1-12,19,23H,(H2,22,25)(H,24,26). The quantitative estimate of drug-likeness (QED) is 0.531. The van der Waals surface area contributed by atoms with Gasteiger partial charge in [0.25, 0.3) is 5.91 Å². The number of hydrogen-bond acceptors (Lipinski definition) is 2. The number of amides is 2. The number of para-hydroxylation sites is 1. The normalized spacial score (nSPS) is 12.2. The predicted molar refractivity (Wildman–Crippen MR) is 102 cm³/mol. The molecule has 5 heteroatoms. The Balaban J connectivity index is 1.77. The molecule has 1 heterocycles. The summed E-state index contributed by atoms with van der Waals surface area (Å²) in [6, 6.07) is 21.4. The van der Waals surface area contributed by atoms with Crippen LogP contribution in [0.15, 0.2) is 72.8 Å². The second-order valence-corrected chi connectivity index (χ2v) is 6.12. The maximum atomic E-state index is 13.0. The number of primary amides is 1. The molecule has 0 saturated carbocycles. The number of hydrogen-bond donors (Lipinski definition) is 3. The third-order valence-electron chi connectivity index (χ3n) is 4.47. The van der Waals surface area contributed by atoms with Gasteiger partial charge in [0.15, 0.2) is 0 Å². The number of carbonyl (C=O) groups is 2. The average Bonchev–Trinajstić information content (AvgIpc) is 3.05. The van der Waals surface area contributed by atoms with E-state index in [0.29, 0.717) is 11.1 Å². The van der Waals surface area contributed by atoms with Crippen molar-refractivity contribution in [3.8, 4) is 0 Å². The third kappa shape index (κ3) is 2.69. The van der Waals surface area contributed by atoms with Crippen molar-refractivity contribution < 1.29 is 9.59 Å². The molecule has 0 radical (unpaired) electrons. The molecule has 128 valence electrons. The van der Waals surface area contributed by atoms with E-state index in [0.717, 1.165) is 21.8 Å². The Morgan fingerprint density at radius 2 is 1.54 bits per heavy atom. The zero-order valence-corrected chi connectivity index (χ0v) is 13.9. The number of H-pyrrole nitrogens is 1. The van der Waals surface area contributed by atoms with Crippen molar-refractivity contribution in [1.82, 2.24) is 10.3 Å². The lowest BCUT2D eigenvalue weighted by molar-refractivity contribution is -0.120. The number of rotatable bonds is 4. The highest BCUT2D eigenvalue weighted by molar-refractivity contribution is 6.18. The molecule has 0 aliphatic heterocycles. The van der Waals surface area contributed by atoms with E-state index in [9.17, 15) is 9.59 Å². The first-order chi connectivity index (χ1) is 12.6. The lowest BCUT2D eigenvalue weighted by Crippen LogP contribution is -2.37. The SMILES string of the molecule is NC(=O)C(NC(=O)c1cccc2[nH]c3ccccc3c12)c1ccccc1. The van der Waals surface area contributed by atoms with Gasteiger partial charge in [-0.05, 0) is 23.8 Å². The Morgan fingerprint density at radius 1 is 0.846 bits per heavy atom. The molecule has 0 spiro atoms. The fourth-order valence-corrected chi connectivity index (χ4v) is 3.26. The summed E-state index contributed by atoms with van der Waals surface area (Å²) in [5.74, 6) is -0.941. The van der Waals surface area contributed by atoms with E-state index >= 15 is 0 Å². The summed E-state index contributed by atoms with van der Waals surface area (Å²) in [7, 11) is 0. The van der Waals surface area contributed by atoms with Gasteiger partial charge in [-0.1, -0.05) is 54.6 Å². The van der Waals surface area contributed by atoms with Crippen LogP contribution in [0.1, 0.15) is 22.0 Å². The summed E-state index contributed by atoms with van der Waals surface area (Å²) >= 11 is 0. The molecule has 26 heavy (non-hydrogen) atoms. The van der Waals surface area contributed by atoms with Gasteiger partial charge >= 0.3 is 0 Å². The molecule has 0 saturated heterocycles. The first-order valence-corrected chi connectivity index (χ1v) is 8.29. The van der Waals surface area contributed by atoms with E-state index in [2.05, 4.69) is 10.3 Å². The van der Waals surface area contributed by atoms with E-state index in [4.69, 9.17) is 5.73 Å². The van der Waals surface area contributed by atoms with E-state index < -0.39 is 11.9 Å². The maximum Gasteiger partial charge on any atom is 0.252 e. The van der Waals surface area contributed by atoms with Crippen molar-refractivity contribution in [2.45, 2.75) is 6.04 Å². The summed E-state index contributed by atoms with van der Waals surface area (Å²) < 4.78 is 0. The van der Waals surface area contributed by atoms with Crippen LogP contribution in [0.2, 0.25) is 0 Å². The number of nitrogens with two attached hydrogens (primary N) is 1. The smallest absolute Gasteiger partial charge is 0.252 e. The highest BCUT2D eigenvalue weighted by atomic mass is 16.2. The van der Waals surface area contributed by atoms with Crippen molar-refractivity contribution in [2.24, 2.45) is 5.73 Å². The van der Waals surface area contributed by atoms with Crippen molar-refractivity contribution in [2.75, 3.05) is 0 Å². The third-order valence-corrected chi connectivity index (χ3v) is 4.47. The molecule has 1 unspecified atom stereocenters. The molecule has 3 aromatic carbocycles. The Morgan fingerprint density at radius 3 is 2.31 bits per heavy atom. The van der Waals surface area contributed by atoms with Crippen LogP contribution in [0, 0.1) is 0 Å². The molecule has 0 bridgehead atoms. The Labute approximate surface area is 149 Å². The van der Waals surface area contributed by atoms with Crippen molar-refractivity contribution in [1.29, 1.82) is 0 Å². The molecule has 4 aromatic rings. The van der Waals surface area contributed by atoms with E-state index in [1.54, 1.807) is 30.3 Å². The first-order valence-electron chi connectivity index (χ1n) is 8.29. The monoisotopic (exact) mass is 343 g/mol. The Bertz CT molecular complexity index is 1120. The largest absolute Gasteiger partial charge is 0.368 e. The number of aromatic nitrogens is 1. The molecule has 1 aromatic heterocycles. The van der Waals surface area contributed by atoms with Crippen LogP contribution in [0.3, 0.4) is 0 Å². The number of fused-ring (bicyclic) bond motifs is 3. The lowest BCUT2D eigenvalue weighted by Gasteiger charge is -2.16. The molecule has 2 amide bonds. The molecule has 5 nitrogen and oxygen atoms in total. The molecule has 1 atom stereocenters. The van der Waals surface area contributed by atoms with Gasteiger partial charge in [0.05, 0.1) is 0 Å². The molecule has 4 rings (SSSR count). The highest BCUT2D eigenvalue weighted by Crippen LogP contribution is 2.28. The summed E-state index contributed by atoms with van der Waals surface area (Å²) in [6.45, 7) is 0. The molecule has 0 aliphatic carbocycles. The Kier molecular flexibility index (Phi) is 3.89. The molecule has 0 fully saturated rings. The fraction of sp³-hybridized carbons (Fsp3) is 0.0476. The summed E-state index contributed by atoms with van der Waals surface area (Å²) in [4.78, 5) is 28.2. The topological polar surface area (TPSA) is 88.0 Å². The minimum Gasteiger partial charge on any atom is -0.368 e. The minimum absolute atomic E-state index is 0.340. The number of carbonyl (C=O) groups excluding carboxylic acids is 2. The van der Waals surface area contributed by atoms with Gasteiger partial charge in [-0.25, -0.2) is 0 Å². The minimum atomic E-state index is -0.885. The van der Waals surface area contributed by atoms with Crippen LogP contribution in [0.5, 0.6) is 0 Å². The molecule has 0 aliphatic rings. The first kappa shape index (κ1) is 15.9. The van der Waals surface area contributed by atoms with Crippen LogP contribution < -0.4 is 11.1 Å². The fourth-order valence-electron chi connectivity index (χ4n) is 3.26. The zero-order chi connectivity index (χ0) is 18.1. The maximum absolute atomic E-state index is 13.0. The molecular weight excluding hydrogens is 326 g/mol.